The Hall–Kier alpha value is -1.46. The van der Waals surface area contributed by atoms with Crippen molar-refractivity contribution in [3.05, 3.63) is 0 Å². The zero-order chi connectivity index (χ0) is 14.3. The Kier molecular flexibility index (Phi) is 28.7. The predicted molar refractivity (Wildman–Crippen MR) is 51.8 cm³/mol. The summed E-state index contributed by atoms with van der Waals surface area (Å²) in [7, 11) is 0. The van der Waals surface area contributed by atoms with E-state index >= 15 is 0 Å². The number of carbonyl (C=O) groups excluding carboxylic acids is 2. The van der Waals surface area contributed by atoms with Crippen molar-refractivity contribution in [3.8, 4) is 0 Å². The zero-order valence-electron chi connectivity index (χ0n) is 10.6. The van der Waals surface area contributed by atoms with Gasteiger partial charge < -0.3 is 30.0 Å². The molecule has 0 heterocycles. The summed E-state index contributed by atoms with van der Waals surface area (Å²) in [6, 6.07) is 0. The molecule has 0 unspecified atom stereocenters. The summed E-state index contributed by atoms with van der Waals surface area (Å²) >= 11 is 0. The molecule has 0 amide bonds. The first-order valence-corrected chi connectivity index (χ1v) is 4.69. The van der Waals surface area contributed by atoms with Crippen molar-refractivity contribution in [2.75, 3.05) is 0 Å². The van der Waals surface area contributed by atoms with Crippen molar-refractivity contribution >= 4 is 12.3 Å². The Balaban J connectivity index is -0.0000000600. The molecule has 0 aliphatic heterocycles. The fourth-order valence-corrected chi connectivity index (χ4v) is 0. The topological polar surface area (TPSA) is 126 Å². The minimum atomic E-state index is -2.33. The maximum atomic E-state index is 8.33. The third-order valence-electron chi connectivity index (χ3n) is 0. The fraction of sp³-hybridized carbons (Fsp3) is 0.800. The predicted octanol–water partition coefficient (Wildman–Crippen LogP) is -1.57. The molecule has 0 aromatic carbocycles. The standard InChI is InChI=1S/2C4H10.2CH2O3/c2*1-4(2)3;2*2-1(3)4/h2*4H,1-3H3;2*(H2,2,3,4)/p-4. The molecule has 0 aliphatic carbocycles. The van der Waals surface area contributed by atoms with E-state index in [1.165, 1.54) is 0 Å². The number of hydrogen-bond donors (Lipinski definition) is 0. The molecule has 0 fully saturated rings. The van der Waals surface area contributed by atoms with Crippen molar-refractivity contribution in [2.24, 2.45) is 11.8 Å². The Morgan fingerprint density at radius 3 is 0.625 bits per heavy atom. The molecule has 0 spiro atoms. The van der Waals surface area contributed by atoms with Crippen molar-refractivity contribution in [3.63, 3.8) is 0 Å². The minimum Gasteiger partial charge on any atom is -0.652 e. The van der Waals surface area contributed by atoms with Crippen LogP contribution < -0.4 is 20.4 Å². The van der Waals surface area contributed by atoms with E-state index in [1.807, 2.05) is 0 Å². The molecule has 0 aromatic heterocycles. The van der Waals surface area contributed by atoms with E-state index in [-0.39, 0.29) is 0 Å². The minimum absolute atomic E-state index is 0.833. The lowest BCUT2D eigenvalue weighted by atomic mass is 10.3. The number of carboxylic acid groups (broad SMARTS) is 4. The van der Waals surface area contributed by atoms with E-state index < -0.39 is 12.3 Å². The van der Waals surface area contributed by atoms with Crippen LogP contribution in [0.3, 0.4) is 0 Å². The molecule has 16 heavy (non-hydrogen) atoms. The van der Waals surface area contributed by atoms with Gasteiger partial charge >= 0.3 is 0 Å². The van der Waals surface area contributed by atoms with Gasteiger partial charge in [-0.05, 0) is 24.1 Å². The highest BCUT2D eigenvalue weighted by Crippen LogP contribution is 1.81. The van der Waals surface area contributed by atoms with E-state index in [9.17, 15) is 0 Å². The largest absolute Gasteiger partial charge is 0.652 e. The van der Waals surface area contributed by atoms with Crippen molar-refractivity contribution < 1.29 is 30.0 Å². The summed E-state index contributed by atoms with van der Waals surface area (Å²) in [6.07, 6.45) is -4.67. The molecule has 0 N–H and O–H groups in total. The molecule has 0 aromatic rings. The molecule has 0 aliphatic rings. The second kappa shape index (κ2) is 19.2. The summed E-state index contributed by atoms with van der Waals surface area (Å²) in [5.74, 6) is 1.67. The third-order valence-corrected chi connectivity index (χ3v) is 0. The molecule has 100 valence electrons. The van der Waals surface area contributed by atoms with Crippen LogP contribution in [-0.2, 0) is 0 Å². The number of rotatable bonds is 0. The van der Waals surface area contributed by atoms with Gasteiger partial charge in [-0.2, -0.15) is 0 Å². The van der Waals surface area contributed by atoms with Gasteiger partial charge in [0.1, 0.15) is 0 Å². The molecular formula is C10H20O6-4. The highest BCUT2D eigenvalue weighted by atomic mass is 16.6. The lowest BCUT2D eigenvalue weighted by molar-refractivity contribution is -0.417. The van der Waals surface area contributed by atoms with Crippen LogP contribution >= 0.6 is 0 Å². The average molecular weight is 236 g/mol. The summed E-state index contributed by atoms with van der Waals surface area (Å²) in [4.78, 5) is 16.7. The normalized spacial score (nSPS) is 7.50. The van der Waals surface area contributed by atoms with E-state index in [2.05, 4.69) is 41.5 Å². The van der Waals surface area contributed by atoms with Crippen LogP contribution in [-0.4, -0.2) is 12.3 Å². The second-order valence-electron chi connectivity index (χ2n) is 3.96. The summed E-state index contributed by atoms with van der Waals surface area (Å²) < 4.78 is 0. The van der Waals surface area contributed by atoms with Gasteiger partial charge in [-0.25, -0.2) is 0 Å². The molecular weight excluding hydrogens is 216 g/mol. The zero-order valence-corrected chi connectivity index (χ0v) is 10.6. The molecule has 6 heteroatoms. The lowest BCUT2D eigenvalue weighted by Crippen LogP contribution is -2.37. The fourth-order valence-electron chi connectivity index (χ4n) is 0. The van der Waals surface area contributed by atoms with Crippen molar-refractivity contribution in [2.45, 2.75) is 41.5 Å². The Morgan fingerprint density at radius 1 is 0.625 bits per heavy atom. The first-order chi connectivity index (χ1) is 6.93. The number of hydrogen-bond acceptors (Lipinski definition) is 6. The molecule has 0 atom stereocenters. The van der Waals surface area contributed by atoms with Crippen molar-refractivity contribution in [1.82, 2.24) is 0 Å². The summed E-state index contributed by atoms with van der Waals surface area (Å²) in [5.41, 5.74) is 0. The Morgan fingerprint density at radius 2 is 0.625 bits per heavy atom. The monoisotopic (exact) mass is 236 g/mol. The Labute approximate surface area is 96.5 Å². The van der Waals surface area contributed by atoms with E-state index in [1.54, 1.807) is 0 Å². The smallest absolute Gasteiger partial charge is 0.0431 e. The molecule has 0 radical (unpaired) electrons. The Bertz CT molecular complexity index is 122. The van der Waals surface area contributed by atoms with E-state index in [0.29, 0.717) is 0 Å². The lowest BCUT2D eigenvalue weighted by Gasteiger charge is -1.96. The van der Waals surface area contributed by atoms with Gasteiger partial charge in [-0.1, -0.05) is 41.5 Å². The van der Waals surface area contributed by atoms with Gasteiger partial charge in [-0.15, -0.1) is 0 Å². The second-order valence-corrected chi connectivity index (χ2v) is 3.96. The number of carbonyl (C=O) groups is 2. The van der Waals surface area contributed by atoms with Gasteiger partial charge in [0.25, 0.3) is 0 Å². The summed E-state index contributed by atoms with van der Waals surface area (Å²) in [6.45, 7) is 13.0. The third kappa shape index (κ3) is 783. The average Bonchev–Trinajstić information content (AvgIpc) is 1.76. The van der Waals surface area contributed by atoms with Gasteiger partial charge in [-0.3, -0.25) is 0 Å². The first kappa shape index (κ1) is 24.0. The van der Waals surface area contributed by atoms with Gasteiger partial charge in [0, 0.05) is 0 Å². The SMILES string of the molecule is CC(C)C.CC(C)C.O=C([O-])[O-].O=C([O-])[O-]. The van der Waals surface area contributed by atoms with Crippen molar-refractivity contribution in [1.29, 1.82) is 0 Å². The molecule has 0 bridgehead atoms. The van der Waals surface area contributed by atoms with Crippen LogP contribution in [0.15, 0.2) is 0 Å². The van der Waals surface area contributed by atoms with Gasteiger partial charge in [0.05, 0.1) is 0 Å². The van der Waals surface area contributed by atoms with Crippen LogP contribution in [0.2, 0.25) is 0 Å². The van der Waals surface area contributed by atoms with Crippen LogP contribution in [0.1, 0.15) is 41.5 Å². The highest BCUT2D eigenvalue weighted by molar-refractivity contribution is 5.47. The van der Waals surface area contributed by atoms with Crippen LogP contribution in [0.4, 0.5) is 9.59 Å². The van der Waals surface area contributed by atoms with E-state index in [4.69, 9.17) is 30.0 Å². The molecule has 0 saturated heterocycles. The molecule has 0 rings (SSSR count). The van der Waals surface area contributed by atoms with Crippen LogP contribution in [0, 0.1) is 11.8 Å². The van der Waals surface area contributed by atoms with Crippen LogP contribution in [0.5, 0.6) is 0 Å². The van der Waals surface area contributed by atoms with Crippen LogP contribution in [0.25, 0.3) is 0 Å². The van der Waals surface area contributed by atoms with Gasteiger partial charge in [0.15, 0.2) is 0 Å². The van der Waals surface area contributed by atoms with E-state index in [0.717, 1.165) is 11.8 Å². The summed E-state index contributed by atoms with van der Waals surface area (Å²) in [5, 5.41) is 33.3. The van der Waals surface area contributed by atoms with Gasteiger partial charge in [0.2, 0.25) is 0 Å². The maximum absolute atomic E-state index is 8.33. The first-order valence-electron chi connectivity index (χ1n) is 4.69. The molecule has 0 saturated carbocycles. The molecule has 6 nitrogen and oxygen atoms in total. The highest BCUT2D eigenvalue weighted by Gasteiger charge is 1.68. The maximum Gasteiger partial charge on any atom is -0.0431 e. The quantitative estimate of drug-likeness (QED) is 0.500.